The quantitative estimate of drug-likeness (QED) is 0.214. The summed E-state index contributed by atoms with van der Waals surface area (Å²) in [5.74, 6) is 0.349. The molecular formula is C30H24O5. The second-order valence-electron chi connectivity index (χ2n) is 8.49. The second kappa shape index (κ2) is 9.85. The predicted octanol–water partition coefficient (Wildman–Crippen LogP) is 6.12. The van der Waals surface area contributed by atoms with Crippen LogP contribution in [0.5, 0.6) is 5.75 Å². The molecule has 0 saturated carbocycles. The van der Waals surface area contributed by atoms with Crippen molar-refractivity contribution in [2.75, 3.05) is 0 Å². The lowest BCUT2D eigenvalue weighted by molar-refractivity contribution is -0.144. The summed E-state index contributed by atoms with van der Waals surface area (Å²) in [6.07, 6.45) is 0.203. The Hall–Kier alpha value is -4.38. The van der Waals surface area contributed by atoms with Gasteiger partial charge >= 0.3 is 11.6 Å². The monoisotopic (exact) mass is 464 g/mol. The maximum atomic E-state index is 12.4. The summed E-state index contributed by atoms with van der Waals surface area (Å²) in [4.78, 5) is 24.0. The number of benzene rings is 4. The number of hydrogen-bond acceptors (Lipinski definition) is 5. The van der Waals surface area contributed by atoms with Gasteiger partial charge in [-0.1, -0.05) is 66.7 Å². The second-order valence-corrected chi connectivity index (χ2v) is 8.49. The van der Waals surface area contributed by atoms with Gasteiger partial charge in [-0.2, -0.15) is 0 Å². The molecule has 0 aliphatic carbocycles. The Labute approximate surface area is 202 Å². The molecule has 5 heteroatoms. The van der Waals surface area contributed by atoms with Crippen LogP contribution < -0.4 is 10.4 Å². The van der Waals surface area contributed by atoms with Crippen molar-refractivity contribution in [3.63, 3.8) is 0 Å². The highest BCUT2D eigenvalue weighted by Crippen LogP contribution is 2.23. The average Bonchev–Trinajstić information content (AvgIpc) is 2.86. The summed E-state index contributed by atoms with van der Waals surface area (Å²) in [5.41, 5.74) is 3.83. The van der Waals surface area contributed by atoms with Gasteiger partial charge in [-0.25, -0.2) is 4.79 Å². The molecule has 1 aromatic heterocycles. The molecule has 35 heavy (non-hydrogen) atoms. The lowest BCUT2D eigenvalue weighted by Gasteiger charge is -2.09. The molecule has 4 aromatic carbocycles. The number of carbonyl (C=O) groups is 1. The van der Waals surface area contributed by atoms with E-state index in [0.717, 1.165) is 38.4 Å². The highest BCUT2D eigenvalue weighted by Gasteiger charge is 2.08. The van der Waals surface area contributed by atoms with E-state index in [1.165, 1.54) is 6.07 Å². The van der Waals surface area contributed by atoms with Gasteiger partial charge in [0.25, 0.3) is 0 Å². The summed E-state index contributed by atoms with van der Waals surface area (Å²) in [6.45, 7) is 2.48. The van der Waals surface area contributed by atoms with Crippen LogP contribution in [0.25, 0.3) is 21.7 Å². The fourth-order valence-corrected chi connectivity index (χ4v) is 4.11. The standard InChI is InChI=1S/C30H24O5/c1-20-15-30(32)35-28-17-25(13-14-26(20)28)33-18-22-11-9-21(10-12-22)16-29(31)34-19-24-7-4-6-23-5-2-3-8-27(23)24/h2-15,17H,16,18-19H2,1H3. The third-order valence-corrected chi connectivity index (χ3v) is 5.97. The van der Waals surface area contributed by atoms with Crippen LogP contribution in [-0.2, 0) is 29.2 Å². The van der Waals surface area contributed by atoms with Gasteiger partial charge < -0.3 is 13.9 Å². The van der Waals surface area contributed by atoms with E-state index in [1.807, 2.05) is 85.8 Å². The average molecular weight is 465 g/mol. The molecule has 174 valence electrons. The summed E-state index contributed by atoms with van der Waals surface area (Å²) in [7, 11) is 0. The largest absolute Gasteiger partial charge is 0.489 e. The zero-order chi connectivity index (χ0) is 24.2. The van der Waals surface area contributed by atoms with E-state index in [0.29, 0.717) is 17.9 Å². The van der Waals surface area contributed by atoms with Gasteiger partial charge in [0.15, 0.2) is 0 Å². The molecule has 0 saturated heterocycles. The van der Waals surface area contributed by atoms with Gasteiger partial charge in [-0.3, -0.25) is 4.79 Å². The van der Waals surface area contributed by atoms with Crippen LogP contribution >= 0.6 is 0 Å². The lowest BCUT2D eigenvalue weighted by atomic mass is 10.1. The smallest absolute Gasteiger partial charge is 0.336 e. The van der Waals surface area contributed by atoms with Gasteiger partial charge in [0.2, 0.25) is 0 Å². The molecule has 0 unspecified atom stereocenters. The molecule has 0 fully saturated rings. The zero-order valence-electron chi connectivity index (χ0n) is 19.3. The molecule has 0 bridgehead atoms. The molecule has 1 heterocycles. The maximum absolute atomic E-state index is 12.4. The number of rotatable bonds is 7. The number of esters is 1. The first-order valence-corrected chi connectivity index (χ1v) is 11.4. The van der Waals surface area contributed by atoms with Crippen molar-refractivity contribution in [1.82, 2.24) is 0 Å². The molecule has 0 spiro atoms. The van der Waals surface area contributed by atoms with E-state index in [2.05, 4.69) is 0 Å². The van der Waals surface area contributed by atoms with Crippen molar-refractivity contribution >= 4 is 27.7 Å². The highest BCUT2D eigenvalue weighted by atomic mass is 16.5. The molecule has 0 amide bonds. The van der Waals surface area contributed by atoms with Gasteiger partial charge in [-0.05, 0) is 52.1 Å². The Morgan fingerprint density at radius 1 is 0.800 bits per heavy atom. The Morgan fingerprint density at radius 3 is 2.43 bits per heavy atom. The van der Waals surface area contributed by atoms with E-state index in [4.69, 9.17) is 13.9 Å². The van der Waals surface area contributed by atoms with E-state index in [-0.39, 0.29) is 24.6 Å². The molecule has 0 aliphatic rings. The van der Waals surface area contributed by atoms with Crippen molar-refractivity contribution in [3.05, 3.63) is 124 Å². The van der Waals surface area contributed by atoms with Gasteiger partial charge in [0.05, 0.1) is 6.42 Å². The third kappa shape index (κ3) is 5.25. The zero-order valence-corrected chi connectivity index (χ0v) is 19.3. The van der Waals surface area contributed by atoms with Gasteiger partial charge in [-0.15, -0.1) is 0 Å². The minimum atomic E-state index is -0.376. The number of ether oxygens (including phenoxy) is 2. The Kier molecular flexibility index (Phi) is 6.31. The van der Waals surface area contributed by atoms with E-state index in [9.17, 15) is 9.59 Å². The first-order chi connectivity index (χ1) is 17.0. The maximum Gasteiger partial charge on any atom is 0.336 e. The summed E-state index contributed by atoms with van der Waals surface area (Å²) >= 11 is 0. The predicted molar refractivity (Wildman–Crippen MR) is 135 cm³/mol. The van der Waals surface area contributed by atoms with Crippen LogP contribution in [0, 0.1) is 6.92 Å². The third-order valence-electron chi connectivity index (χ3n) is 5.97. The van der Waals surface area contributed by atoms with Crippen molar-refractivity contribution in [2.24, 2.45) is 0 Å². The number of aryl methyl sites for hydroxylation is 1. The summed E-state index contributed by atoms with van der Waals surface area (Å²) in [5, 5.41) is 3.10. The van der Waals surface area contributed by atoms with Crippen molar-refractivity contribution in [1.29, 1.82) is 0 Å². The first-order valence-electron chi connectivity index (χ1n) is 11.4. The van der Waals surface area contributed by atoms with E-state index < -0.39 is 0 Å². The Balaban J connectivity index is 1.16. The van der Waals surface area contributed by atoms with Crippen LogP contribution in [-0.4, -0.2) is 5.97 Å². The minimum Gasteiger partial charge on any atom is -0.489 e. The number of hydrogen-bond donors (Lipinski definition) is 0. The van der Waals surface area contributed by atoms with Crippen molar-refractivity contribution in [3.8, 4) is 5.75 Å². The molecule has 0 aliphatic heterocycles. The molecular weight excluding hydrogens is 440 g/mol. The first kappa shape index (κ1) is 22.4. The van der Waals surface area contributed by atoms with Crippen LogP contribution in [0.2, 0.25) is 0 Å². The van der Waals surface area contributed by atoms with Crippen molar-refractivity contribution < 1.29 is 18.7 Å². The molecule has 0 atom stereocenters. The molecule has 5 rings (SSSR count). The fraction of sp³-hybridized carbons (Fsp3) is 0.133. The van der Waals surface area contributed by atoms with Crippen LogP contribution in [0.15, 0.2) is 100 Å². The minimum absolute atomic E-state index is 0.203. The van der Waals surface area contributed by atoms with E-state index >= 15 is 0 Å². The topological polar surface area (TPSA) is 65.7 Å². The van der Waals surface area contributed by atoms with Gasteiger partial charge in [0, 0.05) is 17.5 Å². The lowest BCUT2D eigenvalue weighted by Crippen LogP contribution is -2.08. The molecule has 5 aromatic rings. The Bertz CT molecular complexity index is 1560. The summed E-state index contributed by atoms with van der Waals surface area (Å²) < 4.78 is 16.7. The van der Waals surface area contributed by atoms with E-state index in [1.54, 1.807) is 6.07 Å². The normalized spacial score (nSPS) is 11.0. The highest BCUT2D eigenvalue weighted by molar-refractivity contribution is 5.86. The van der Waals surface area contributed by atoms with Crippen LogP contribution in [0.1, 0.15) is 22.3 Å². The molecule has 0 radical (unpaired) electrons. The van der Waals surface area contributed by atoms with Gasteiger partial charge in [0.1, 0.15) is 24.5 Å². The molecule has 5 nitrogen and oxygen atoms in total. The fourth-order valence-electron chi connectivity index (χ4n) is 4.11. The number of carbonyl (C=O) groups excluding carboxylic acids is 1. The summed E-state index contributed by atoms with van der Waals surface area (Å²) in [6, 6.07) is 28.7. The SMILES string of the molecule is Cc1cc(=O)oc2cc(OCc3ccc(CC(=O)OCc4cccc5ccccc45)cc3)ccc12. The Morgan fingerprint density at radius 2 is 1.57 bits per heavy atom. The molecule has 0 N–H and O–H groups in total. The van der Waals surface area contributed by atoms with Crippen LogP contribution in [0.4, 0.5) is 0 Å². The van der Waals surface area contributed by atoms with Crippen LogP contribution in [0.3, 0.4) is 0 Å². The van der Waals surface area contributed by atoms with Crippen molar-refractivity contribution in [2.45, 2.75) is 26.6 Å². The number of fused-ring (bicyclic) bond motifs is 2.